The fourth-order valence-electron chi connectivity index (χ4n) is 1.32. The molecule has 0 radical (unpaired) electrons. The van der Waals surface area contributed by atoms with Gasteiger partial charge in [0.1, 0.15) is 12.4 Å². The van der Waals surface area contributed by atoms with Crippen molar-refractivity contribution in [2.24, 2.45) is 0 Å². The number of esters is 1. The fraction of sp³-hybridized carbons (Fsp3) is 0.417. The maximum absolute atomic E-state index is 10.8. The maximum Gasteiger partial charge on any atom is 0.306 e. The molecule has 0 amide bonds. The van der Waals surface area contributed by atoms with Gasteiger partial charge in [-0.25, -0.2) is 0 Å². The van der Waals surface area contributed by atoms with Crippen LogP contribution in [0.5, 0.6) is 5.75 Å². The van der Waals surface area contributed by atoms with Gasteiger partial charge >= 0.3 is 5.97 Å². The molecular formula is C12H16N2O5. The number of methoxy groups -OCH3 is 1. The van der Waals surface area contributed by atoms with Crippen molar-refractivity contribution in [3.05, 3.63) is 34.4 Å². The summed E-state index contributed by atoms with van der Waals surface area (Å²) in [6.45, 7) is 1.52. The van der Waals surface area contributed by atoms with E-state index in [-0.39, 0.29) is 11.7 Å². The summed E-state index contributed by atoms with van der Waals surface area (Å²) in [7, 11) is 1.35. The minimum Gasteiger partial charge on any atom is -0.492 e. The molecule has 0 fully saturated rings. The predicted octanol–water partition coefficient (Wildman–Crippen LogP) is 1.13. The van der Waals surface area contributed by atoms with E-state index in [1.54, 1.807) is 12.1 Å². The molecule has 1 rings (SSSR count). The quantitative estimate of drug-likeness (QED) is 0.329. The first kappa shape index (κ1) is 14.9. The molecule has 0 bridgehead atoms. The van der Waals surface area contributed by atoms with Gasteiger partial charge in [0.2, 0.25) is 0 Å². The fourth-order valence-corrected chi connectivity index (χ4v) is 1.32. The summed E-state index contributed by atoms with van der Waals surface area (Å²) >= 11 is 0. The number of nitro benzene ring substituents is 1. The molecule has 0 unspecified atom stereocenters. The number of hydrogen-bond acceptors (Lipinski definition) is 6. The second-order valence-electron chi connectivity index (χ2n) is 3.68. The van der Waals surface area contributed by atoms with Crippen LogP contribution in [0, 0.1) is 10.1 Å². The van der Waals surface area contributed by atoms with E-state index in [9.17, 15) is 14.9 Å². The zero-order valence-corrected chi connectivity index (χ0v) is 10.6. The number of benzene rings is 1. The van der Waals surface area contributed by atoms with Crippen LogP contribution in [-0.2, 0) is 9.53 Å². The zero-order chi connectivity index (χ0) is 14.1. The van der Waals surface area contributed by atoms with Gasteiger partial charge in [-0.15, -0.1) is 0 Å². The van der Waals surface area contributed by atoms with Crippen LogP contribution < -0.4 is 10.1 Å². The summed E-state index contributed by atoms with van der Waals surface area (Å²) in [6, 6.07) is 5.87. The molecule has 1 aromatic rings. The van der Waals surface area contributed by atoms with Crippen LogP contribution >= 0.6 is 0 Å². The van der Waals surface area contributed by atoms with Crippen molar-refractivity contribution in [1.29, 1.82) is 0 Å². The highest BCUT2D eigenvalue weighted by Gasteiger charge is 2.04. The first-order chi connectivity index (χ1) is 9.13. The zero-order valence-electron chi connectivity index (χ0n) is 10.6. The van der Waals surface area contributed by atoms with E-state index in [0.29, 0.717) is 31.9 Å². The molecule has 1 aromatic carbocycles. The number of carbonyl (C=O) groups is 1. The largest absolute Gasteiger partial charge is 0.492 e. The van der Waals surface area contributed by atoms with Gasteiger partial charge in [0.15, 0.2) is 0 Å². The molecule has 0 aliphatic carbocycles. The first-order valence-corrected chi connectivity index (χ1v) is 5.78. The van der Waals surface area contributed by atoms with Gasteiger partial charge in [-0.2, -0.15) is 0 Å². The van der Waals surface area contributed by atoms with Gasteiger partial charge in [-0.3, -0.25) is 14.9 Å². The minimum absolute atomic E-state index is 0.0311. The molecule has 7 heteroatoms. The van der Waals surface area contributed by atoms with Gasteiger partial charge in [0.05, 0.1) is 18.5 Å². The number of non-ortho nitro benzene ring substituents is 1. The second-order valence-corrected chi connectivity index (χ2v) is 3.68. The van der Waals surface area contributed by atoms with Gasteiger partial charge in [0, 0.05) is 25.2 Å². The topological polar surface area (TPSA) is 90.7 Å². The molecule has 0 saturated heterocycles. The summed E-state index contributed by atoms with van der Waals surface area (Å²) in [6.07, 6.45) is 0.314. The van der Waals surface area contributed by atoms with Gasteiger partial charge in [0.25, 0.3) is 5.69 Å². The maximum atomic E-state index is 10.8. The Kier molecular flexibility index (Phi) is 6.31. The van der Waals surface area contributed by atoms with Crippen molar-refractivity contribution < 1.29 is 19.2 Å². The first-order valence-electron chi connectivity index (χ1n) is 5.78. The average Bonchev–Trinajstić information content (AvgIpc) is 2.42. The van der Waals surface area contributed by atoms with Crippen molar-refractivity contribution in [1.82, 2.24) is 5.32 Å². The van der Waals surface area contributed by atoms with Crippen LogP contribution in [0.4, 0.5) is 5.69 Å². The SMILES string of the molecule is COC(=O)CCNCCOc1ccc([N+](=O)[O-])cc1. The normalized spacial score (nSPS) is 9.95. The van der Waals surface area contributed by atoms with E-state index in [2.05, 4.69) is 10.1 Å². The minimum atomic E-state index is -0.460. The highest BCUT2D eigenvalue weighted by Crippen LogP contribution is 2.16. The van der Waals surface area contributed by atoms with Crippen molar-refractivity contribution in [3.63, 3.8) is 0 Å². The molecular weight excluding hydrogens is 252 g/mol. The molecule has 7 nitrogen and oxygen atoms in total. The number of nitro groups is 1. The van der Waals surface area contributed by atoms with Crippen LogP contribution in [0.25, 0.3) is 0 Å². The van der Waals surface area contributed by atoms with E-state index in [4.69, 9.17) is 4.74 Å². The Hall–Kier alpha value is -2.15. The summed E-state index contributed by atoms with van der Waals surface area (Å²) in [4.78, 5) is 20.8. The Labute approximate surface area is 110 Å². The van der Waals surface area contributed by atoms with Crippen LogP contribution in [0.1, 0.15) is 6.42 Å². The van der Waals surface area contributed by atoms with Gasteiger partial charge < -0.3 is 14.8 Å². The van der Waals surface area contributed by atoms with Crippen molar-refractivity contribution in [2.45, 2.75) is 6.42 Å². The molecule has 0 spiro atoms. The lowest BCUT2D eigenvalue weighted by molar-refractivity contribution is -0.384. The summed E-state index contributed by atoms with van der Waals surface area (Å²) < 4.78 is 9.86. The van der Waals surface area contributed by atoms with E-state index in [0.717, 1.165) is 0 Å². The van der Waals surface area contributed by atoms with Crippen LogP contribution in [0.15, 0.2) is 24.3 Å². The number of nitrogens with zero attached hydrogens (tertiary/aromatic N) is 1. The smallest absolute Gasteiger partial charge is 0.306 e. The number of rotatable bonds is 8. The number of ether oxygens (including phenoxy) is 2. The lowest BCUT2D eigenvalue weighted by Gasteiger charge is -2.06. The summed E-state index contributed by atoms with van der Waals surface area (Å²) in [5.41, 5.74) is 0.0311. The van der Waals surface area contributed by atoms with Crippen LogP contribution in [0.3, 0.4) is 0 Å². The lowest BCUT2D eigenvalue weighted by Crippen LogP contribution is -2.24. The van der Waals surface area contributed by atoms with Crippen molar-refractivity contribution in [3.8, 4) is 5.75 Å². The van der Waals surface area contributed by atoms with Gasteiger partial charge in [-0.1, -0.05) is 0 Å². The molecule has 0 aliphatic rings. The van der Waals surface area contributed by atoms with E-state index in [1.807, 2.05) is 0 Å². The second kappa shape index (κ2) is 8.04. The molecule has 0 saturated carbocycles. The summed E-state index contributed by atoms with van der Waals surface area (Å²) in [5.74, 6) is 0.309. The third-order valence-corrected chi connectivity index (χ3v) is 2.33. The molecule has 104 valence electrons. The summed E-state index contributed by atoms with van der Waals surface area (Å²) in [5, 5.41) is 13.5. The van der Waals surface area contributed by atoms with Gasteiger partial charge in [-0.05, 0) is 12.1 Å². The van der Waals surface area contributed by atoms with Crippen molar-refractivity contribution in [2.75, 3.05) is 26.8 Å². The molecule has 0 atom stereocenters. The molecule has 0 aromatic heterocycles. The number of nitrogens with one attached hydrogen (secondary N) is 1. The Bertz CT molecular complexity index is 419. The molecule has 0 heterocycles. The lowest BCUT2D eigenvalue weighted by atomic mass is 10.3. The number of carbonyl (C=O) groups excluding carboxylic acids is 1. The molecule has 19 heavy (non-hydrogen) atoms. The Balaban J connectivity index is 2.15. The highest BCUT2D eigenvalue weighted by molar-refractivity contribution is 5.69. The number of hydrogen-bond donors (Lipinski definition) is 1. The third kappa shape index (κ3) is 5.82. The van der Waals surface area contributed by atoms with Crippen LogP contribution in [0.2, 0.25) is 0 Å². The van der Waals surface area contributed by atoms with Crippen molar-refractivity contribution >= 4 is 11.7 Å². The molecule has 0 aliphatic heterocycles. The standard InChI is InChI=1S/C12H16N2O5/c1-18-12(15)6-7-13-8-9-19-11-4-2-10(3-5-11)14(16)17/h2-5,13H,6-9H2,1H3. The average molecular weight is 268 g/mol. The van der Waals surface area contributed by atoms with E-state index >= 15 is 0 Å². The predicted molar refractivity (Wildman–Crippen MR) is 68.1 cm³/mol. The molecule has 1 N–H and O–H groups in total. The monoisotopic (exact) mass is 268 g/mol. The van der Waals surface area contributed by atoms with E-state index < -0.39 is 4.92 Å². The third-order valence-electron chi connectivity index (χ3n) is 2.33. The highest BCUT2D eigenvalue weighted by atomic mass is 16.6. The Morgan fingerprint density at radius 1 is 1.32 bits per heavy atom. The Morgan fingerprint density at radius 3 is 2.58 bits per heavy atom. The Morgan fingerprint density at radius 2 is 2.00 bits per heavy atom. The van der Waals surface area contributed by atoms with Crippen LogP contribution in [-0.4, -0.2) is 37.7 Å². The van der Waals surface area contributed by atoms with E-state index in [1.165, 1.54) is 19.2 Å².